The van der Waals surface area contributed by atoms with Crippen LogP contribution in [0.2, 0.25) is 5.02 Å². The zero-order valence-electron chi connectivity index (χ0n) is 11.9. The average Bonchev–Trinajstić information content (AvgIpc) is 2.53. The number of ether oxygens (including phenoxy) is 2. The Hall–Kier alpha value is -2.64. The molecule has 5 heteroatoms. The Morgan fingerprint density at radius 1 is 1.27 bits per heavy atom. The van der Waals surface area contributed by atoms with Crippen LogP contribution in [-0.2, 0) is 0 Å². The quantitative estimate of drug-likeness (QED) is 0.857. The summed E-state index contributed by atoms with van der Waals surface area (Å²) in [5, 5.41) is 3.19. The minimum Gasteiger partial charge on any atom is -0.495 e. The number of halogens is 1. The van der Waals surface area contributed by atoms with Gasteiger partial charge in [0, 0.05) is 11.3 Å². The van der Waals surface area contributed by atoms with E-state index in [2.05, 4.69) is 11.2 Å². The SMILES string of the molecule is C#CCOc1ccc(C(=O)Nc2ccc(OC)c(Cl)c2)cc1. The summed E-state index contributed by atoms with van der Waals surface area (Å²) in [5.74, 6) is 3.29. The first-order chi connectivity index (χ1) is 10.6. The van der Waals surface area contributed by atoms with Crippen molar-refractivity contribution < 1.29 is 14.3 Å². The van der Waals surface area contributed by atoms with Crippen LogP contribution in [0.5, 0.6) is 11.5 Å². The molecule has 0 saturated carbocycles. The number of anilines is 1. The second kappa shape index (κ2) is 7.39. The van der Waals surface area contributed by atoms with Gasteiger partial charge in [-0.2, -0.15) is 0 Å². The van der Waals surface area contributed by atoms with Crippen LogP contribution in [0.1, 0.15) is 10.4 Å². The lowest BCUT2D eigenvalue weighted by molar-refractivity contribution is 0.102. The van der Waals surface area contributed by atoms with Gasteiger partial charge >= 0.3 is 0 Å². The maximum absolute atomic E-state index is 12.1. The second-order valence-electron chi connectivity index (χ2n) is 4.32. The van der Waals surface area contributed by atoms with Crippen molar-refractivity contribution in [2.45, 2.75) is 0 Å². The second-order valence-corrected chi connectivity index (χ2v) is 4.73. The van der Waals surface area contributed by atoms with Crippen molar-refractivity contribution in [1.29, 1.82) is 0 Å². The third kappa shape index (κ3) is 3.94. The number of amides is 1. The van der Waals surface area contributed by atoms with Crippen LogP contribution in [0.15, 0.2) is 42.5 Å². The molecule has 0 spiro atoms. The van der Waals surface area contributed by atoms with Crippen LogP contribution in [0.4, 0.5) is 5.69 Å². The van der Waals surface area contributed by atoms with Crippen LogP contribution >= 0.6 is 11.6 Å². The van der Waals surface area contributed by atoms with Gasteiger partial charge in [-0.05, 0) is 42.5 Å². The molecular weight excluding hydrogens is 302 g/mol. The number of hydrogen-bond donors (Lipinski definition) is 1. The fourth-order valence-electron chi connectivity index (χ4n) is 1.77. The Bertz CT molecular complexity index is 705. The summed E-state index contributed by atoms with van der Waals surface area (Å²) < 4.78 is 10.3. The number of hydrogen-bond acceptors (Lipinski definition) is 3. The Morgan fingerprint density at radius 2 is 2.00 bits per heavy atom. The normalized spacial score (nSPS) is 9.68. The molecule has 0 fully saturated rings. The molecule has 0 unspecified atom stereocenters. The van der Waals surface area contributed by atoms with E-state index in [0.29, 0.717) is 27.8 Å². The monoisotopic (exact) mass is 315 g/mol. The van der Waals surface area contributed by atoms with Crippen molar-refractivity contribution in [2.75, 3.05) is 19.0 Å². The number of methoxy groups -OCH3 is 1. The maximum atomic E-state index is 12.1. The lowest BCUT2D eigenvalue weighted by atomic mass is 10.2. The summed E-state index contributed by atoms with van der Waals surface area (Å²) in [6.45, 7) is 0.190. The van der Waals surface area contributed by atoms with Gasteiger partial charge in [-0.3, -0.25) is 4.79 Å². The lowest BCUT2D eigenvalue weighted by Crippen LogP contribution is -2.11. The molecule has 0 heterocycles. The molecule has 0 bridgehead atoms. The van der Waals surface area contributed by atoms with E-state index in [1.54, 1.807) is 42.5 Å². The van der Waals surface area contributed by atoms with E-state index < -0.39 is 0 Å². The van der Waals surface area contributed by atoms with E-state index in [4.69, 9.17) is 27.5 Å². The molecule has 4 nitrogen and oxygen atoms in total. The first kappa shape index (κ1) is 15.7. The Kier molecular flexibility index (Phi) is 5.29. The van der Waals surface area contributed by atoms with Crippen LogP contribution < -0.4 is 14.8 Å². The van der Waals surface area contributed by atoms with Gasteiger partial charge < -0.3 is 14.8 Å². The van der Waals surface area contributed by atoms with Gasteiger partial charge in [-0.25, -0.2) is 0 Å². The van der Waals surface area contributed by atoms with Crippen molar-refractivity contribution in [2.24, 2.45) is 0 Å². The summed E-state index contributed by atoms with van der Waals surface area (Å²) in [7, 11) is 1.53. The van der Waals surface area contributed by atoms with Crippen molar-refractivity contribution in [3.63, 3.8) is 0 Å². The zero-order chi connectivity index (χ0) is 15.9. The van der Waals surface area contributed by atoms with Gasteiger partial charge in [0.15, 0.2) is 0 Å². The number of carbonyl (C=O) groups is 1. The number of benzene rings is 2. The molecule has 0 saturated heterocycles. The fourth-order valence-corrected chi connectivity index (χ4v) is 2.03. The number of rotatable bonds is 5. The molecule has 2 aromatic carbocycles. The highest BCUT2D eigenvalue weighted by atomic mass is 35.5. The molecule has 0 aromatic heterocycles. The first-order valence-corrected chi connectivity index (χ1v) is 6.83. The highest BCUT2D eigenvalue weighted by molar-refractivity contribution is 6.32. The molecule has 22 heavy (non-hydrogen) atoms. The van der Waals surface area contributed by atoms with Crippen molar-refractivity contribution >= 4 is 23.2 Å². The molecule has 0 aliphatic carbocycles. The van der Waals surface area contributed by atoms with E-state index in [1.165, 1.54) is 7.11 Å². The summed E-state index contributed by atoms with van der Waals surface area (Å²) in [4.78, 5) is 12.1. The lowest BCUT2D eigenvalue weighted by Gasteiger charge is -2.08. The molecular formula is C17H14ClNO3. The molecule has 1 N–H and O–H groups in total. The molecule has 0 radical (unpaired) electrons. The topological polar surface area (TPSA) is 47.6 Å². The minimum absolute atomic E-state index is 0.190. The first-order valence-electron chi connectivity index (χ1n) is 6.45. The molecule has 112 valence electrons. The smallest absolute Gasteiger partial charge is 0.255 e. The van der Waals surface area contributed by atoms with Gasteiger partial charge in [-0.15, -0.1) is 6.42 Å². The molecule has 0 atom stereocenters. The fraction of sp³-hybridized carbons (Fsp3) is 0.118. The van der Waals surface area contributed by atoms with E-state index in [1.807, 2.05) is 0 Å². The third-order valence-corrected chi connectivity index (χ3v) is 3.14. The Labute approximate surface area is 134 Å². The van der Waals surface area contributed by atoms with Crippen molar-refractivity contribution in [1.82, 2.24) is 0 Å². The molecule has 0 aliphatic heterocycles. The third-order valence-electron chi connectivity index (χ3n) is 2.85. The average molecular weight is 316 g/mol. The Balaban J connectivity index is 2.05. The van der Waals surface area contributed by atoms with E-state index in [-0.39, 0.29) is 12.5 Å². The number of nitrogens with one attached hydrogen (secondary N) is 1. The van der Waals surface area contributed by atoms with E-state index >= 15 is 0 Å². The van der Waals surface area contributed by atoms with Gasteiger partial charge in [0.25, 0.3) is 5.91 Å². The van der Waals surface area contributed by atoms with Crippen molar-refractivity contribution in [3.8, 4) is 23.8 Å². The summed E-state index contributed by atoms with van der Waals surface area (Å²) in [5.41, 5.74) is 1.09. The predicted molar refractivity (Wildman–Crippen MR) is 86.7 cm³/mol. The highest BCUT2D eigenvalue weighted by Crippen LogP contribution is 2.27. The van der Waals surface area contributed by atoms with E-state index in [9.17, 15) is 4.79 Å². The highest BCUT2D eigenvalue weighted by Gasteiger charge is 2.08. The molecule has 2 rings (SSSR count). The van der Waals surface area contributed by atoms with Gasteiger partial charge in [-0.1, -0.05) is 17.5 Å². The largest absolute Gasteiger partial charge is 0.495 e. The summed E-state index contributed by atoms with van der Waals surface area (Å²) in [6, 6.07) is 11.7. The molecule has 1 amide bonds. The van der Waals surface area contributed by atoms with Crippen LogP contribution in [0.25, 0.3) is 0 Å². The predicted octanol–water partition coefficient (Wildman–Crippen LogP) is 3.61. The van der Waals surface area contributed by atoms with E-state index in [0.717, 1.165) is 0 Å². The standard InChI is InChI=1S/C17H14ClNO3/c1-3-10-22-14-7-4-12(5-8-14)17(20)19-13-6-9-16(21-2)15(18)11-13/h1,4-9,11H,10H2,2H3,(H,19,20). The zero-order valence-corrected chi connectivity index (χ0v) is 12.7. The maximum Gasteiger partial charge on any atom is 0.255 e. The number of terminal acetylenes is 1. The number of carbonyl (C=O) groups excluding carboxylic acids is 1. The molecule has 2 aromatic rings. The van der Waals surface area contributed by atoms with Gasteiger partial charge in [0.2, 0.25) is 0 Å². The van der Waals surface area contributed by atoms with Crippen LogP contribution in [0, 0.1) is 12.3 Å². The van der Waals surface area contributed by atoms with Crippen molar-refractivity contribution in [3.05, 3.63) is 53.1 Å². The minimum atomic E-state index is -0.246. The Morgan fingerprint density at radius 3 is 2.59 bits per heavy atom. The van der Waals surface area contributed by atoms with Gasteiger partial charge in [0.1, 0.15) is 18.1 Å². The summed E-state index contributed by atoms with van der Waals surface area (Å²) in [6.07, 6.45) is 5.11. The van der Waals surface area contributed by atoms with Crippen LogP contribution in [-0.4, -0.2) is 19.6 Å². The van der Waals surface area contributed by atoms with Gasteiger partial charge in [0.05, 0.1) is 12.1 Å². The summed E-state index contributed by atoms with van der Waals surface area (Å²) >= 11 is 6.02. The molecule has 0 aliphatic rings. The van der Waals surface area contributed by atoms with Crippen LogP contribution in [0.3, 0.4) is 0 Å².